The summed E-state index contributed by atoms with van der Waals surface area (Å²) in [6.07, 6.45) is 2.77. The molecule has 7 nitrogen and oxygen atoms in total. The molecule has 1 N–H and O–H groups in total. The van der Waals surface area contributed by atoms with Crippen LogP contribution in [-0.2, 0) is 27.7 Å². The molecule has 0 unspecified atom stereocenters. The summed E-state index contributed by atoms with van der Waals surface area (Å²) in [5.74, 6) is 0.323. The topological polar surface area (TPSA) is 98.8 Å². The lowest BCUT2D eigenvalue weighted by Gasteiger charge is -2.19. The van der Waals surface area contributed by atoms with Gasteiger partial charge < -0.3 is 9.47 Å². The van der Waals surface area contributed by atoms with Gasteiger partial charge in [-0.05, 0) is 48.2 Å². The summed E-state index contributed by atoms with van der Waals surface area (Å²) in [7, 11) is -3.98. The van der Waals surface area contributed by atoms with Gasteiger partial charge >= 0.3 is 0 Å². The Morgan fingerprint density at radius 3 is 2.49 bits per heavy atom. The van der Waals surface area contributed by atoms with E-state index in [-0.39, 0.29) is 28.2 Å². The van der Waals surface area contributed by atoms with Crippen molar-refractivity contribution in [2.45, 2.75) is 24.2 Å². The zero-order chi connectivity index (χ0) is 24.4. The molecule has 0 atom stereocenters. The smallest absolute Gasteiger partial charge is 0.261 e. The molecule has 3 aromatic rings. The molecule has 2 aliphatic rings. The van der Waals surface area contributed by atoms with Gasteiger partial charge in [-0.3, -0.25) is 14.3 Å². The zero-order valence-corrected chi connectivity index (χ0v) is 19.6. The van der Waals surface area contributed by atoms with Crippen LogP contribution in [0.4, 0.5) is 5.69 Å². The quantitative estimate of drug-likeness (QED) is 0.501. The maximum atomic E-state index is 13.1. The maximum absolute atomic E-state index is 13.1. The highest BCUT2D eigenvalue weighted by Crippen LogP contribution is 2.33. The Morgan fingerprint density at radius 2 is 1.69 bits per heavy atom. The molecule has 0 aromatic heterocycles. The molecule has 0 fully saturated rings. The standard InChI is InChI=1S/C27H23NO6S/c29-24(12-6-18-4-2-1-3-5-18)22-11-8-19-7-10-21(17-23(19)27(22)30)35(31,32)28-20-9-13-25-26(16-20)34-15-14-33-25/h1-5,7,9-11,13,16-17,28H,6,8,12,14-15H2. The Labute approximate surface area is 203 Å². The molecule has 0 bridgehead atoms. The molecule has 35 heavy (non-hydrogen) atoms. The predicted octanol–water partition coefficient (Wildman–Crippen LogP) is 4.13. The fraction of sp³-hybridized carbons (Fsp3) is 0.185. The number of sulfonamides is 1. The third-order valence-corrected chi connectivity index (χ3v) is 7.36. The van der Waals surface area contributed by atoms with Crippen molar-refractivity contribution in [3.63, 3.8) is 0 Å². The van der Waals surface area contributed by atoms with Crippen molar-refractivity contribution < 1.29 is 27.5 Å². The van der Waals surface area contributed by atoms with Crippen LogP contribution in [0.15, 0.2) is 83.3 Å². The van der Waals surface area contributed by atoms with Crippen LogP contribution in [-0.4, -0.2) is 33.2 Å². The van der Waals surface area contributed by atoms with E-state index >= 15 is 0 Å². The van der Waals surface area contributed by atoms with E-state index in [9.17, 15) is 18.0 Å². The lowest BCUT2D eigenvalue weighted by atomic mass is 9.87. The molecule has 3 aromatic carbocycles. The van der Waals surface area contributed by atoms with Crippen molar-refractivity contribution in [2.75, 3.05) is 17.9 Å². The first-order chi connectivity index (χ1) is 16.9. The average molecular weight is 490 g/mol. The van der Waals surface area contributed by atoms with Gasteiger partial charge in [0.2, 0.25) is 0 Å². The number of rotatable bonds is 7. The van der Waals surface area contributed by atoms with Gasteiger partial charge in [-0.25, -0.2) is 8.42 Å². The number of hydrogen-bond acceptors (Lipinski definition) is 6. The number of Topliss-reactive ketones (excluding diaryl/α,β-unsaturated/α-hetero) is 2. The second-order valence-corrected chi connectivity index (χ2v) is 10.0. The van der Waals surface area contributed by atoms with Gasteiger partial charge in [0.15, 0.2) is 23.1 Å². The molecule has 8 heteroatoms. The van der Waals surface area contributed by atoms with E-state index in [2.05, 4.69) is 4.72 Å². The lowest BCUT2D eigenvalue weighted by molar-refractivity contribution is -0.115. The summed E-state index contributed by atoms with van der Waals surface area (Å²) in [6, 6.07) is 18.8. The van der Waals surface area contributed by atoms with Crippen LogP contribution in [0.25, 0.3) is 0 Å². The van der Waals surface area contributed by atoms with E-state index in [1.165, 1.54) is 12.1 Å². The van der Waals surface area contributed by atoms with E-state index in [1.54, 1.807) is 30.3 Å². The fourth-order valence-corrected chi connectivity index (χ4v) is 5.24. The number of allylic oxidation sites excluding steroid dienone is 2. The van der Waals surface area contributed by atoms with Crippen LogP contribution in [0.2, 0.25) is 0 Å². The fourth-order valence-electron chi connectivity index (χ4n) is 4.16. The number of carbonyl (C=O) groups is 2. The summed E-state index contributed by atoms with van der Waals surface area (Å²) < 4.78 is 39.6. The van der Waals surface area contributed by atoms with E-state index < -0.39 is 15.8 Å². The Balaban J connectivity index is 1.33. The molecule has 5 rings (SSSR count). The number of ketones is 2. The Hall–Kier alpha value is -3.91. The molecule has 1 heterocycles. The number of aryl methyl sites for hydroxylation is 1. The SMILES string of the molecule is O=C(CCc1ccccc1)C1=CCc2ccc(S(=O)(=O)Nc3ccc4c(c3)OCCO4)cc2C1=O. The largest absolute Gasteiger partial charge is 0.486 e. The number of benzene rings is 3. The number of carbonyl (C=O) groups excluding carboxylic acids is 2. The molecule has 1 aliphatic carbocycles. The van der Waals surface area contributed by atoms with Crippen molar-refractivity contribution in [2.24, 2.45) is 0 Å². The highest BCUT2D eigenvalue weighted by molar-refractivity contribution is 7.92. The molecule has 0 amide bonds. The Morgan fingerprint density at radius 1 is 0.914 bits per heavy atom. The van der Waals surface area contributed by atoms with Gasteiger partial charge in [-0.2, -0.15) is 0 Å². The summed E-state index contributed by atoms with van der Waals surface area (Å²) in [4.78, 5) is 25.9. The van der Waals surface area contributed by atoms with E-state index in [4.69, 9.17) is 9.47 Å². The minimum Gasteiger partial charge on any atom is -0.486 e. The second kappa shape index (κ2) is 9.38. The molecular formula is C27H23NO6S. The molecule has 0 saturated carbocycles. The molecule has 0 saturated heterocycles. The van der Waals surface area contributed by atoms with Gasteiger partial charge in [0.05, 0.1) is 16.2 Å². The summed E-state index contributed by atoms with van der Waals surface area (Å²) >= 11 is 0. The highest BCUT2D eigenvalue weighted by atomic mass is 32.2. The van der Waals surface area contributed by atoms with Crippen LogP contribution >= 0.6 is 0 Å². The van der Waals surface area contributed by atoms with E-state index in [0.717, 1.165) is 5.56 Å². The van der Waals surface area contributed by atoms with E-state index in [1.807, 2.05) is 30.3 Å². The van der Waals surface area contributed by atoms with Gasteiger partial charge in [0.25, 0.3) is 10.0 Å². The monoisotopic (exact) mass is 489 g/mol. The van der Waals surface area contributed by atoms with Crippen molar-refractivity contribution in [1.29, 1.82) is 0 Å². The minimum absolute atomic E-state index is 0.0579. The molecular weight excluding hydrogens is 466 g/mol. The number of fused-ring (bicyclic) bond motifs is 2. The van der Waals surface area contributed by atoms with Crippen molar-refractivity contribution >= 4 is 27.3 Å². The van der Waals surface area contributed by atoms with Crippen molar-refractivity contribution in [1.82, 2.24) is 0 Å². The summed E-state index contributed by atoms with van der Waals surface area (Å²) in [5, 5.41) is 0. The highest BCUT2D eigenvalue weighted by Gasteiger charge is 2.27. The van der Waals surface area contributed by atoms with Gasteiger partial charge in [-0.15, -0.1) is 0 Å². The van der Waals surface area contributed by atoms with Crippen LogP contribution in [0.3, 0.4) is 0 Å². The summed E-state index contributed by atoms with van der Waals surface area (Å²) in [5.41, 5.74) is 2.37. The number of anilines is 1. The molecule has 1 aliphatic heterocycles. The van der Waals surface area contributed by atoms with Crippen LogP contribution in [0.5, 0.6) is 11.5 Å². The van der Waals surface area contributed by atoms with Crippen LogP contribution in [0.1, 0.15) is 27.9 Å². The van der Waals surface area contributed by atoms with Crippen LogP contribution in [0, 0.1) is 0 Å². The Kier molecular flexibility index (Phi) is 6.13. The number of nitrogens with one attached hydrogen (secondary N) is 1. The van der Waals surface area contributed by atoms with Crippen LogP contribution < -0.4 is 14.2 Å². The maximum Gasteiger partial charge on any atom is 0.261 e. The van der Waals surface area contributed by atoms with Gasteiger partial charge in [0.1, 0.15) is 13.2 Å². The molecule has 0 spiro atoms. The average Bonchev–Trinajstić information content (AvgIpc) is 2.87. The summed E-state index contributed by atoms with van der Waals surface area (Å²) in [6.45, 7) is 0.822. The third kappa shape index (κ3) is 4.83. The predicted molar refractivity (Wildman–Crippen MR) is 131 cm³/mol. The van der Waals surface area contributed by atoms with Crippen molar-refractivity contribution in [3.05, 3.63) is 95.1 Å². The molecule has 178 valence electrons. The van der Waals surface area contributed by atoms with Gasteiger partial charge in [-0.1, -0.05) is 42.5 Å². The first kappa shape index (κ1) is 22.9. The zero-order valence-electron chi connectivity index (χ0n) is 18.8. The van der Waals surface area contributed by atoms with E-state index in [0.29, 0.717) is 48.8 Å². The Bertz CT molecular complexity index is 1440. The van der Waals surface area contributed by atoms with Gasteiger partial charge in [0, 0.05) is 18.1 Å². The number of ether oxygens (including phenoxy) is 2. The molecule has 0 radical (unpaired) electrons. The first-order valence-corrected chi connectivity index (χ1v) is 12.8. The second-order valence-electron chi connectivity index (χ2n) is 8.34. The minimum atomic E-state index is -3.98. The van der Waals surface area contributed by atoms with Crippen molar-refractivity contribution in [3.8, 4) is 11.5 Å². The number of hydrogen-bond donors (Lipinski definition) is 1. The normalized spacial score (nSPS) is 14.6. The lowest BCUT2D eigenvalue weighted by Crippen LogP contribution is -2.21. The first-order valence-electron chi connectivity index (χ1n) is 11.3. The third-order valence-electron chi connectivity index (χ3n) is 5.99.